The summed E-state index contributed by atoms with van der Waals surface area (Å²) in [4.78, 5) is 17.6. The van der Waals surface area contributed by atoms with Crippen molar-refractivity contribution in [2.45, 2.75) is 13.5 Å². The molecule has 136 valence electrons. The monoisotopic (exact) mass is 364 g/mol. The molecule has 6 nitrogen and oxygen atoms in total. The Morgan fingerprint density at radius 3 is 2.74 bits per heavy atom. The van der Waals surface area contributed by atoms with Gasteiger partial charge in [0.2, 0.25) is 0 Å². The van der Waals surface area contributed by atoms with Crippen molar-refractivity contribution in [3.8, 4) is 11.7 Å². The quantitative estimate of drug-likeness (QED) is 0.558. The molecule has 4 aromatic rings. The highest BCUT2D eigenvalue weighted by Gasteiger charge is 2.18. The molecule has 0 amide bonds. The second-order valence-electron chi connectivity index (χ2n) is 6.25. The third-order valence-corrected chi connectivity index (χ3v) is 4.35. The Hall–Kier alpha value is -3.48. The fourth-order valence-corrected chi connectivity index (χ4v) is 2.96. The molecule has 0 aliphatic carbocycles. The number of fused-ring (bicyclic) bond motifs is 1. The van der Waals surface area contributed by atoms with Gasteiger partial charge < -0.3 is 4.74 Å². The van der Waals surface area contributed by atoms with E-state index in [2.05, 4.69) is 10.1 Å². The number of nitrogens with zero attached hydrogens (tertiary/aromatic N) is 4. The Morgan fingerprint density at radius 1 is 1.15 bits per heavy atom. The maximum Gasteiger partial charge on any atom is 0.306 e. The fraction of sp³-hybridized carbons (Fsp3) is 0.150. The van der Waals surface area contributed by atoms with Crippen molar-refractivity contribution in [2.75, 3.05) is 0 Å². The first kappa shape index (κ1) is 17.0. The summed E-state index contributed by atoms with van der Waals surface area (Å²) in [7, 11) is 1.71. The summed E-state index contributed by atoms with van der Waals surface area (Å²) < 4.78 is 22.2. The van der Waals surface area contributed by atoms with E-state index in [1.165, 1.54) is 27.6 Å². The van der Waals surface area contributed by atoms with Gasteiger partial charge in [0.15, 0.2) is 5.65 Å². The van der Waals surface area contributed by atoms with Gasteiger partial charge >= 0.3 is 6.01 Å². The summed E-state index contributed by atoms with van der Waals surface area (Å²) in [5, 5.41) is 4.52. The van der Waals surface area contributed by atoms with E-state index < -0.39 is 0 Å². The van der Waals surface area contributed by atoms with E-state index in [0.717, 1.165) is 5.56 Å². The first-order valence-corrected chi connectivity index (χ1v) is 8.42. The number of para-hydroxylation sites is 1. The summed E-state index contributed by atoms with van der Waals surface area (Å²) >= 11 is 0. The molecular weight excluding hydrogens is 347 g/mol. The van der Waals surface area contributed by atoms with E-state index in [4.69, 9.17) is 4.74 Å². The molecule has 0 fully saturated rings. The van der Waals surface area contributed by atoms with Crippen LogP contribution in [0.4, 0.5) is 4.39 Å². The van der Waals surface area contributed by atoms with E-state index in [-0.39, 0.29) is 24.0 Å². The molecule has 0 aliphatic rings. The molecule has 0 N–H and O–H groups in total. The third-order valence-electron chi connectivity index (χ3n) is 4.35. The predicted octanol–water partition coefficient (Wildman–Crippen LogP) is 3.15. The summed E-state index contributed by atoms with van der Waals surface area (Å²) in [6.07, 6.45) is 1.50. The van der Waals surface area contributed by atoms with Gasteiger partial charge in [0.25, 0.3) is 5.56 Å². The van der Waals surface area contributed by atoms with Crippen LogP contribution in [0, 0.1) is 12.7 Å². The minimum atomic E-state index is -0.345. The van der Waals surface area contributed by atoms with Crippen LogP contribution in [0.1, 0.15) is 11.1 Å². The van der Waals surface area contributed by atoms with Crippen LogP contribution in [0.3, 0.4) is 0 Å². The van der Waals surface area contributed by atoms with Crippen molar-refractivity contribution in [2.24, 2.45) is 7.05 Å². The smallest absolute Gasteiger partial charge is 0.306 e. The molecule has 0 bridgehead atoms. The molecule has 0 aliphatic heterocycles. The number of halogens is 1. The van der Waals surface area contributed by atoms with Gasteiger partial charge in [-0.1, -0.05) is 30.3 Å². The molecule has 2 heterocycles. The lowest BCUT2D eigenvalue weighted by Gasteiger charge is -2.15. The standard InChI is InChI=1S/C20H17FN4O2/c1-13-6-3-4-9-17(13)25-19(26)16-11-22-24(2)18(16)23-20(25)27-12-14-7-5-8-15(21)10-14/h3-11H,12H2,1-2H3. The zero-order valence-corrected chi connectivity index (χ0v) is 14.9. The minimum absolute atomic E-state index is 0.0828. The summed E-state index contributed by atoms with van der Waals surface area (Å²) in [5.74, 6) is -0.345. The van der Waals surface area contributed by atoms with Gasteiger partial charge in [-0.25, -0.2) is 8.96 Å². The molecule has 0 spiro atoms. The second-order valence-corrected chi connectivity index (χ2v) is 6.25. The number of benzene rings is 2. The van der Waals surface area contributed by atoms with Crippen LogP contribution in [-0.4, -0.2) is 19.3 Å². The van der Waals surface area contributed by atoms with Gasteiger partial charge in [-0.05, 0) is 36.2 Å². The first-order chi connectivity index (χ1) is 13.0. The molecule has 27 heavy (non-hydrogen) atoms. The summed E-state index contributed by atoms with van der Waals surface area (Å²) in [5.41, 5.74) is 2.39. The number of aromatic nitrogens is 4. The molecule has 0 saturated heterocycles. The molecular formula is C20H17FN4O2. The van der Waals surface area contributed by atoms with E-state index in [0.29, 0.717) is 22.3 Å². The van der Waals surface area contributed by atoms with Gasteiger partial charge in [-0.3, -0.25) is 9.48 Å². The SMILES string of the molecule is Cc1ccccc1-n1c(OCc2cccc(F)c2)nc2c(cnn2C)c1=O. The van der Waals surface area contributed by atoms with E-state index in [1.54, 1.807) is 19.2 Å². The largest absolute Gasteiger partial charge is 0.459 e. The lowest BCUT2D eigenvalue weighted by Crippen LogP contribution is -2.23. The molecule has 0 atom stereocenters. The number of hydrogen-bond acceptors (Lipinski definition) is 4. The van der Waals surface area contributed by atoms with Gasteiger partial charge in [-0.15, -0.1) is 0 Å². The van der Waals surface area contributed by atoms with Crippen molar-refractivity contribution < 1.29 is 9.13 Å². The number of aryl methyl sites for hydroxylation is 2. The molecule has 0 unspecified atom stereocenters. The van der Waals surface area contributed by atoms with Gasteiger partial charge in [0, 0.05) is 7.05 Å². The topological polar surface area (TPSA) is 61.9 Å². The number of rotatable bonds is 4. The molecule has 0 radical (unpaired) electrons. The van der Waals surface area contributed by atoms with E-state index in [1.807, 2.05) is 31.2 Å². The normalized spacial score (nSPS) is 11.1. The van der Waals surface area contributed by atoms with Crippen LogP contribution in [0.15, 0.2) is 59.5 Å². The highest BCUT2D eigenvalue weighted by Crippen LogP contribution is 2.21. The van der Waals surface area contributed by atoms with Crippen molar-refractivity contribution in [3.63, 3.8) is 0 Å². The zero-order valence-electron chi connectivity index (χ0n) is 14.9. The third kappa shape index (κ3) is 3.08. The molecule has 7 heteroatoms. The van der Waals surface area contributed by atoms with Crippen LogP contribution >= 0.6 is 0 Å². The predicted molar refractivity (Wildman–Crippen MR) is 99.6 cm³/mol. The average molecular weight is 364 g/mol. The highest BCUT2D eigenvalue weighted by molar-refractivity contribution is 5.74. The zero-order chi connectivity index (χ0) is 19.0. The average Bonchev–Trinajstić information content (AvgIpc) is 3.02. The van der Waals surface area contributed by atoms with Gasteiger partial charge in [0.05, 0.1) is 11.9 Å². The Kier molecular flexibility index (Phi) is 4.19. The Balaban J connectivity index is 1.87. The lowest BCUT2D eigenvalue weighted by molar-refractivity contribution is 0.272. The van der Waals surface area contributed by atoms with Crippen molar-refractivity contribution in [3.05, 3.63) is 82.0 Å². The van der Waals surface area contributed by atoms with Crippen LogP contribution in [0.2, 0.25) is 0 Å². The highest BCUT2D eigenvalue weighted by atomic mass is 19.1. The lowest BCUT2D eigenvalue weighted by atomic mass is 10.2. The van der Waals surface area contributed by atoms with Crippen LogP contribution in [-0.2, 0) is 13.7 Å². The van der Waals surface area contributed by atoms with E-state index in [9.17, 15) is 9.18 Å². The van der Waals surface area contributed by atoms with Gasteiger partial charge in [0.1, 0.15) is 17.8 Å². The Labute approximate surface area is 154 Å². The van der Waals surface area contributed by atoms with Crippen molar-refractivity contribution >= 4 is 11.0 Å². The van der Waals surface area contributed by atoms with Crippen LogP contribution < -0.4 is 10.3 Å². The van der Waals surface area contributed by atoms with Crippen LogP contribution in [0.25, 0.3) is 16.7 Å². The maximum absolute atomic E-state index is 13.4. The number of ether oxygens (including phenoxy) is 1. The Morgan fingerprint density at radius 2 is 1.96 bits per heavy atom. The van der Waals surface area contributed by atoms with Crippen molar-refractivity contribution in [1.82, 2.24) is 19.3 Å². The molecule has 0 saturated carbocycles. The molecule has 4 rings (SSSR count). The summed E-state index contributed by atoms with van der Waals surface area (Å²) in [6.45, 7) is 1.99. The van der Waals surface area contributed by atoms with Gasteiger partial charge in [-0.2, -0.15) is 10.1 Å². The fourth-order valence-electron chi connectivity index (χ4n) is 2.96. The first-order valence-electron chi connectivity index (χ1n) is 8.42. The number of hydrogen-bond donors (Lipinski definition) is 0. The minimum Gasteiger partial charge on any atom is -0.459 e. The molecule has 2 aromatic heterocycles. The van der Waals surface area contributed by atoms with E-state index >= 15 is 0 Å². The van der Waals surface area contributed by atoms with Crippen LogP contribution in [0.5, 0.6) is 6.01 Å². The Bertz CT molecular complexity index is 1200. The van der Waals surface area contributed by atoms with Crippen molar-refractivity contribution in [1.29, 1.82) is 0 Å². The summed E-state index contributed by atoms with van der Waals surface area (Å²) in [6, 6.07) is 13.7. The molecule has 2 aromatic carbocycles. The maximum atomic E-state index is 13.4. The second kappa shape index (κ2) is 6.68.